The lowest BCUT2D eigenvalue weighted by Crippen LogP contribution is -2.40. The van der Waals surface area contributed by atoms with Crippen LogP contribution in [0.4, 0.5) is 0 Å². The molecule has 0 spiro atoms. The zero-order valence-corrected chi connectivity index (χ0v) is 20.5. The molecule has 36 heavy (non-hydrogen) atoms. The number of carbonyl (C=O) groups is 2. The average molecular weight is 488 g/mol. The topological polar surface area (TPSA) is 87.7 Å². The SMILES string of the molecule is O=C(CCN(CCCN1CCOCC1)C(=O)c1cnccn1)NC(c1ccccc1)c1ccccc1. The first-order valence-electron chi connectivity index (χ1n) is 12.5. The van der Waals surface area contributed by atoms with Crippen LogP contribution in [0.1, 0.15) is 40.5 Å². The Morgan fingerprint density at radius 1 is 0.944 bits per heavy atom. The quantitative estimate of drug-likeness (QED) is 0.448. The molecule has 4 rings (SSSR count). The van der Waals surface area contributed by atoms with Gasteiger partial charge in [-0.2, -0.15) is 0 Å². The lowest BCUT2D eigenvalue weighted by atomic mass is 9.98. The summed E-state index contributed by atoms with van der Waals surface area (Å²) in [5.74, 6) is -0.321. The van der Waals surface area contributed by atoms with E-state index in [9.17, 15) is 9.59 Å². The maximum absolute atomic E-state index is 13.2. The second-order valence-corrected chi connectivity index (χ2v) is 8.76. The summed E-state index contributed by atoms with van der Waals surface area (Å²) in [6.07, 6.45) is 5.53. The second kappa shape index (κ2) is 13.5. The van der Waals surface area contributed by atoms with Gasteiger partial charge in [-0.05, 0) is 17.5 Å². The maximum atomic E-state index is 13.2. The third-order valence-corrected chi connectivity index (χ3v) is 6.26. The molecule has 0 unspecified atom stereocenters. The van der Waals surface area contributed by atoms with Crippen LogP contribution in [-0.4, -0.2) is 77.5 Å². The van der Waals surface area contributed by atoms with Crippen molar-refractivity contribution in [1.82, 2.24) is 25.1 Å². The molecule has 0 bridgehead atoms. The number of rotatable bonds is 11. The number of benzene rings is 2. The van der Waals surface area contributed by atoms with Crippen molar-refractivity contribution < 1.29 is 14.3 Å². The van der Waals surface area contributed by atoms with Gasteiger partial charge in [0.25, 0.3) is 5.91 Å². The molecule has 3 aromatic rings. The Kier molecular flexibility index (Phi) is 9.53. The van der Waals surface area contributed by atoms with E-state index in [4.69, 9.17) is 4.74 Å². The normalized spacial score (nSPS) is 13.9. The molecule has 0 saturated carbocycles. The van der Waals surface area contributed by atoms with E-state index in [-0.39, 0.29) is 30.0 Å². The van der Waals surface area contributed by atoms with E-state index >= 15 is 0 Å². The fourth-order valence-corrected chi connectivity index (χ4v) is 4.32. The van der Waals surface area contributed by atoms with E-state index in [0.717, 1.165) is 50.4 Å². The van der Waals surface area contributed by atoms with E-state index in [1.165, 1.54) is 12.4 Å². The standard InChI is InChI=1S/C28H33N5O3/c34-26(31-27(23-8-3-1-4-9-23)24-10-5-2-6-11-24)12-17-33(28(35)25-22-29-13-14-30-25)16-7-15-32-18-20-36-21-19-32/h1-6,8-11,13-14,22,27H,7,12,15-21H2,(H,31,34). The van der Waals surface area contributed by atoms with Crippen molar-refractivity contribution in [3.05, 3.63) is 96.1 Å². The molecule has 1 fully saturated rings. The van der Waals surface area contributed by atoms with Crippen LogP contribution in [0.15, 0.2) is 79.3 Å². The van der Waals surface area contributed by atoms with Crippen molar-refractivity contribution in [3.8, 4) is 0 Å². The van der Waals surface area contributed by atoms with Crippen molar-refractivity contribution in [2.75, 3.05) is 45.9 Å². The minimum Gasteiger partial charge on any atom is -0.379 e. The number of morpholine rings is 1. The molecule has 1 aromatic heterocycles. The zero-order valence-electron chi connectivity index (χ0n) is 20.5. The molecule has 8 heteroatoms. The highest BCUT2D eigenvalue weighted by Crippen LogP contribution is 2.22. The van der Waals surface area contributed by atoms with Crippen LogP contribution in [0.3, 0.4) is 0 Å². The van der Waals surface area contributed by atoms with Gasteiger partial charge in [0.15, 0.2) is 0 Å². The van der Waals surface area contributed by atoms with Gasteiger partial charge in [-0.15, -0.1) is 0 Å². The van der Waals surface area contributed by atoms with Crippen LogP contribution in [0.2, 0.25) is 0 Å². The van der Waals surface area contributed by atoms with Crippen molar-refractivity contribution >= 4 is 11.8 Å². The molecule has 1 saturated heterocycles. The molecule has 0 radical (unpaired) electrons. The molecule has 2 heterocycles. The summed E-state index contributed by atoms with van der Waals surface area (Å²) in [7, 11) is 0. The van der Waals surface area contributed by atoms with Crippen molar-refractivity contribution in [2.45, 2.75) is 18.9 Å². The molecule has 2 aromatic carbocycles. The fourth-order valence-electron chi connectivity index (χ4n) is 4.32. The third kappa shape index (κ3) is 7.44. The fraction of sp³-hybridized carbons (Fsp3) is 0.357. The van der Waals surface area contributed by atoms with Crippen LogP contribution in [0.25, 0.3) is 0 Å². The van der Waals surface area contributed by atoms with E-state index in [1.54, 1.807) is 11.1 Å². The molecular formula is C28H33N5O3. The summed E-state index contributed by atoms with van der Waals surface area (Å²) in [4.78, 5) is 38.5. The number of ether oxygens (including phenoxy) is 1. The molecule has 188 valence electrons. The van der Waals surface area contributed by atoms with Gasteiger partial charge in [0.2, 0.25) is 5.91 Å². The number of hydrogen-bond acceptors (Lipinski definition) is 6. The van der Waals surface area contributed by atoms with Crippen molar-refractivity contribution in [2.24, 2.45) is 0 Å². The van der Waals surface area contributed by atoms with Crippen LogP contribution in [0.5, 0.6) is 0 Å². The summed E-state index contributed by atoms with van der Waals surface area (Å²) in [6.45, 7) is 5.02. The monoisotopic (exact) mass is 487 g/mol. The average Bonchev–Trinajstić information content (AvgIpc) is 2.95. The molecule has 8 nitrogen and oxygen atoms in total. The number of aromatic nitrogens is 2. The van der Waals surface area contributed by atoms with Gasteiger partial charge >= 0.3 is 0 Å². The summed E-state index contributed by atoms with van der Waals surface area (Å²) in [5, 5.41) is 3.16. The lowest BCUT2D eigenvalue weighted by Gasteiger charge is -2.28. The van der Waals surface area contributed by atoms with E-state index in [1.807, 2.05) is 60.7 Å². The summed E-state index contributed by atoms with van der Waals surface area (Å²) >= 11 is 0. The van der Waals surface area contributed by atoms with Gasteiger partial charge in [0, 0.05) is 51.5 Å². The highest BCUT2D eigenvalue weighted by Gasteiger charge is 2.21. The van der Waals surface area contributed by atoms with Crippen molar-refractivity contribution in [3.63, 3.8) is 0 Å². The van der Waals surface area contributed by atoms with Gasteiger partial charge in [-0.3, -0.25) is 19.5 Å². The highest BCUT2D eigenvalue weighted by molar-refractivity contribution is 5.92. The van der Waals surface area contributed by atoms with Gasteiger partial charge < -0.3 is 15.0 Å². The van der Waals surface area contributed by atoms with E-state index in [2.05, 4.69) is 20.2 Å². The number of carbonyl (C=O) groups excluding carboxylic acids is 2. The Morgan fingerprint density at radius 3 is 2.22 bits per heavy atom. The van der Waals surface area contributed by atoms with Gasteiger partial charge in [0.05, 0.1) is 25.5 Å². The Balaban J connectivity index is 1.39. The van der Waals surface area contributed by atoms with Crippen LogP contribution >= 0.6 is 0 Å². The molecule has 0 atom stereocenters. The first-order valence-corrected chi connectivity index (χ1v) is 12.5. The Hall–Kier alpha value is -3.62. The van der Waals surface area contributed by atoms with Gasteiger partial charge in [-0.25, -0.2) is 4.98 Å². The predicted molar refractivity (Wildman–Crippen MR) is 137 cm³/mol. The van der Waals surface area contributed by atoms with Gasteiger partial charge in [-0.1, -0.05) is 60.7 Å². The minimum absolute atomic E-state index is 0.113. The van der Waals surface area contributed by atoms with Crippen molar-refractivity contribution in [1.29, 1.82) is 0 Å². The van der Waals surface area contributed by atoms with E-state index < -0.39 is 0 Å². The Labute approximate surface area is 212 Å². The Bertz CT molecular complexity index is 1040. The molecule has 1 aliphatic heterocycles. The van der Waals surface area contributed by atoms with Gasteiger partial charge in [0.1, 0.15) is 5.69 Å². The summed E-state index contributed by atoms with van der Waals surface area (Å²) < 4.78 is 5.42. The first kappa shape index (κ1) is 25.5. The summed E-state index contributed by atoms with van der Waals surface area (Å²) in [5.41, 5.74) is 2.31. The lowest BCUT2D eigenvalue weighted by molar-refractivity contribution is -0.121. The second-order valence-electron chi connectivity index (χ2n) is 8.76. The number of hydrogen-bond donors (Lipinski definition) is 1. The molecular weight excluding hydrogens is 454 g/mol. The summed E-state index contributed by atoms with van der Waals surface area (Å²) in [6, 6.07) is 19.5. The largest absolute Gasteiger partial charge is 0.379 e. The minimum atomic E-state index is -0.259. The molecule has 1 aliphatic rings. The number of nitrogens with one attached hydrogen (secondary N) is 1. The highest BCUT2D eigenvalue weighted by atomic mass is 16.5. The number of amides is 2. The zero-order chi connectivity index (χ0) is 25.0. The molecule has 2 amide bonds. The Morgan fingerprint density at radius 2 is 1.61 bits per heavy atom. The number of nitrogens with zero attached hydrogens (tertiary/aromatic N) is 4. The predicted octanol–water partition coefficient (Wildman–Crippen LogP) is 2.94. The maximum Gasteiger partial charge on any atom is 0.274 e. The van der Waals surface area contributed by atoms with Crippen LogP contribution < -0.4 is 5.32 Å². The first-order chi connectivity index (χ1) is 17.7. The smallest absolute Gasteiger partial charge is 0.274 e. The van der Waals surface area contributed by atoms with E-state index in [0.29, 0.717) is 13.1 Å². The third-order valence-electron chi connectivity index (χ3n) is 6.26. The molecule has 1 N–H and O–H groups in total. The molecule has 0 aliphatic carbocycles. The van der Waals surface area contributed by atoms with Crippen LogP contribution in [0, 0.1) is 0 Å². The van der Waals surface area contributed by atoms with Crippen LogP contribution in [-0.2, 0) is 9.53 Å².